The first-order chi connectivity index (χ1) is 12.7. The number of hydrogen-bond acceptors (Lipinski definition) is 3. The Hall–Kier alpha value is -3.73. The Bertz CT molecular complexity index is 1690. The molecule has 5 heteroatoms. The molecule has 0 bridgehead atoms. The fraction of sp³-hybridized carbons (Fsp3) is 0. The van der Waals surface area contributed by atoms with Gasteiger partial charge in [0.2, 0.25) is 0 Å². The Kier molecular flexibility index (Phi) is 2.22. The average molecular weight is 338 g/mol. The average Bonchev–Trinajstić information content (AvgIpc) is 3.26. The van der Waals surface area contributed by atoms with Crippen molar-refractivity contribution in [3.8, 4) is 0 Å². The molecule has 26 heavy (non-hydrogen) atoms. The van der Waals surface area contributed by atoms with E-state index in [-0.39, 0.29) is 10.8 Å². The summed E-state index contributed by atoms with van der Waals surface area (Å²) < 4.78 is 0. The third-order valence-electron chi connectivity index (χ3n) is 5.31. The number of rotatable bonds is 0. The zero-order chi connectivity index (χ0) is 17.6. The highest BCUT2D eigenvalue weighted by Gasteiger charge is 2.24. The van der Waals surface area contributed by atoms with E-state index in [4.69, 9.17) is 0 Å². The maximum atomic E-state index is 13.1. The summed E-state index contributed by atoms with van der Waals surface area (Å²) in [6, 6.07) is 14.9. The third kappa shape index (κ3) is 1.36. The number of para-hydroxylation sites is 1. The number of aromatic amines is 2. The van der Waals surface area contributed by atoms with Crippen LogP contribution in [0, 0.1) is 0 Å². The van der Waals surface area contributed by atoms with Crippen LogP contribution in [0.2, 0.25) is 0 Å². The largest absolute Gasteiger partial charge is 0.354 e. The molecule has 5 nitrogen and oxygen atoms in total. The van der Waals surface area contributed by atoms with Crippen molar-refractivity contribution in [3.63, 3.8) is 0 Å². The molecule has 2 N–H and O–H groups in total. The van der Waals surface area contributed by atoms with E-state index in [2.05, 4.69) is 9.97 Å². The van der Waals surface area contributed by atoms with Crippen molar-refractivity contribution in [2.45, 2.75) is 0 Å². The summed E-state index contributed by atoms with van der Waals surface area (Å²) in [5.74, 6) is 0. The van der Waals surface area contributed by atoms with Gasteiger partial charge in [0.05, 0.1) is 16.3 Å². The molecule has 6 rings (SSSR count). The van der Waals surface area contributed by atoms with Gasteiger partial charge in [-0.3, -0.25) is 19.4 Å². The molecule has 0 saturated heterocycles. The summed E-state index contributed by atoms with van der Waals surface area (Å²) in [6.45, 7) is 0. The van der Waals surface area contributed by atoms with Gasteiger partial charge in [0.15, 0.2) is 5.43 Å². The number of hydrogen-bond donors (Lipinski definition) is 2. The molecule has 0 radical (unpaired) electrons. The summed E-state index contributed by atoms with van der Waals surface area (Å²) in [6.07, 6.45) is 0. The second kappa shape index (κ2) is 4.26. The van der Waals surface area contributed by atoms with Crippen LogP contribution in [0.5, 0.6) is 0 Å². The molecule has 0 saturated carbocycles. The van der Waals surface area contributed by atoms with Crippen molar-refractivity contribution in [2.75, 3.05) is 0 Å². The van der Waals surface area contributed by atoms with Crippen molar-refractivity contribution < 1.29 is 0 Å². The smallest absolute Gasteiger partial charge is 0.259 e. The number of nitrogens with one attached hydrogen (secondary N) is 2. The normalized spacial score (nSPS) is 12.3. The van der Waals surface area contributed by atoms with Crippen LogP contribution in [0.1, 0.15) is 0 Å². The molecule has 2 heterocycles. The molecule has 2 aromatic heterocycles. The van der Waals surface area contributed by atoms with E-state index < -0.39 is 11.1 Å². The van der Waals surface area contributed by atoms with E-state index in [9.17, 15) is 14.4 Å². The van der Waals surface area contributed by atoms with Crippen LogP contribution in [-0.2, 0) is 0 Å². The van der Waals surface area contributed by atoms with Gasteiger partial charge in [-0.1, -0.05) is 42.5 Å². The molecule has 0 amide bonds. The molecule has 0 aliphatic heterocycles. The van der Waals surface area contributed by atoms with Gasteiger partial charge in [-0.05, 0) is 11.5 Å². The van der Waals surface area contributed by atoms with Gasteiger partial charge in [-0.25, -0.2) is 0 Å². The first-order valence-electron chi connectivity index (χ1n) is 8.27. The van der Waals surface area contributed by atoms with Crippen LogP contribution in [0.4, 0.5) is 0 Å². The molecule has 0 fully saturated rings. The highest BCUT2D eigenvalue weighted by molar-refractivity contribution is 6.36. The van der Waals surface area contributed by atoms with Gasteiger partial charge < -0.3 is 4.98 Å². The molecule has 0 atom stereocenters. The van der Waals surface area contributed by atoms with Gasteiger partial charge >= 0.3 is 0 Å². The quantitative estimate of drug-likeness (QED) is 0.446. The molecule has 6 aromatic rings. The first-order valence-corrected chi connectivity index (χ1v) is 8.27. The van der Waals surface area contributed by atoms with Gasteiger partial charge in [0, 0.05) is 32.4 Å². The van der Waals surface area contributed by atoms with E-state index in [1.165, 1.54) is 0 Å². The lowest BCUT2D eigenvalue weighted by molar-refractivity contribution is 1.26. The zero-order valence-electron chi connectivity index (χ0n) is 13.3. The van der Waals surface area contributed by atoms with E-state index in [1.807, 2.05) is 36.4 Å². The maximum absolute atomic E-state index is 13.1. The van der Waals surface area contributed by atoms with E-state index in [0.717, 1.165) is 21.8 Å². The van der Waals surface area contributed by atoms with Crippen LogP contribution in [0.15, 0.2) is 62.9 Å². The Morgan fingerprint density at radius 3 is 1.88 bits per heavy atom. The number of H-pyrrole nitrogens is 2. The fourth-order valence-corrected chi connectivity index (χ4v) is 4.30. The third-order valence-corrected chi connectivity index (χ3v) is 5.31. The SMILES string of the molecule is O=c1[nH]c(=O)c2c1c1c(=O)c3ccccc3c1c1[nH]c3ccccc3c12. The van der Waals surface area contributed by atoms with Crippen molar-refractivity contribution in [3.05, 3.63) is 79.5 Å². The van der Waals surface area contributed by atoms with Gasteiger partial charge in [0.25, 0.3) is 11.1 Å². The highest BCUT2D eigenvalue weighted by Crippen LogP contribution is 2.38. The second-order valence-electron chi connectivity index (χ2n) is 6.58. The van der Waals surface area contributed by atoms with Crippen LogP contribution in [0.25, 0.3) is 54.1 Å². The maximum Gasteiger partial charge on any atom is 0.259 e. The van der Waals surface area contributed by atoms with E-state index in [1.54, 1.807) is 12.1 Å². The topological polar surface area (TPSA) is 82.8 Å². The minimum atomic E-state index is -0.505. The molecule has 0 aliphatic carbocycles. The lowest BCUT2D eigenvalue weighted by atomic mass is 10.0. The number of aromatic nitrogens is 2. The monoisotopic (exact) mass is 338 g/mol. The zero-order valence-corrected chi connectivity index (χ0v) is 13.3. The Morgan fingerprint density at radius 2 is 1.12 bits per heavy atom. The predicted molar refractivity (Wildman–Crippen MR) is 104 cm³/mol. The lowest BCUT2D eigenvalue weighted by Gasteiger charge is -1.98. The Morgan fingerprint density at radius 1 is 0.538 bits per heavy atom. The first kappa shape index (κ1) is 13.5. The number of fused-ring (bicyclic) bond motifs is 10. The summed E-state index contributed by atoms with van der Waals surface area (Å²) >= 11 is 0. The number of benzene rings is 3. The fourth-order valence-electron chi connectivity index (χ4n) is 4.30. The standard InChI is InChI=1S/C21H10N2O3/c24-19-10-6-2-1-5-9(10)13-15(19)17-16(20(25)23-21(17)26)14-11-7-3-4-8-12(11)22-18(13)14/h1-8,22H,(H,23,25,26). The van der Waals surface area contributed by atoms with Crippen LogP contribution in [0.3, 0.4) is 0 Å². The molecule has 0 spiro atoms. The van der Waals surface area contributed by atoms with E-state index in [0.29, 0.717) is 26.9 Å². The van der Waals surface area contributed by atoms with E-state index >= 15 is 0 Å². The van der Waals surface area contributed by atoms with Gasteiger partial charge in [-0.15, -0.1) is 0 Å². The lowest BCUT2D eigenvalue weighted by Crippen LogP contribution is -2.06. The predicted octanol–water partition coefficient (Wildman–Crippen LogP) is 3.07. The molecule has 0 aliphatic rings. The summed E-state index contributed by atoms with van der Waals surface area (Å²) in [5.41, 5.74) is 0.420. The molecular weight excluding hydrogens is 328 g/mol. The van der Waals surface area contributed by atoms with Crippen molar-refractivity contribution in [1.82, 2.24) is 9.97 Å². The second-order valence-corrected chi connectivity index (χ2v) is 6.58. The van der Waals surface area contributed by atoms with Crippen molar-refractivity contribution in [2.24, 2.45) is 0 Å². The summed E-state index contributed by atoms with van der Waals surface area (Å²) in [7, 11) is 0. The van der Waals surface area contributed by atoms with Crippen LogP contribution < -0.4 is 16.5 Å². The molecule has 0 unspecified atom stereocenters. The van der Waals surface area contributed by atoms with Gasteiger partial charge in [0.1, 0.15) is 0 Å². The minimum absolute atomic E-state index is 0.198. The van der Waals surface area contributed by atoms with Crippen molar-refractivity contribution >= 4 is 54.1 Å². The molecule has 122 valence electrons. The van der Waals surface area contributed by atoms with Crippen LogP contribution >= 0.6 is 0 Å². The molecule has 4 aromatic carbocycles. The van der Waals surface area contributed by atoms with Gasteiger partial charge in [-0.2, -0.15) is 0 Å². The Balaban J connectivity index is 2.19. The summed E-state index contributed by atoms with van der Waals surface area (Å²) in [5, 5.41) is 4.43. The Labute approximate surface area is 144 Å². The highest BCUT2D eigenvalue weighted by atomic mass is 16.2. The summed E-state index contributed by atoms with van der Waals surface area (Å²) in [4.78, 5) is 43.9. The molecular formula is C21H10N2O3. The van der Waals surface area contributed by atoms with Crippen molar-refractivity contribution in [1.29, 1.82) is 0 Å². The van der Waals surface area contributed by atoms with Crippen LogP contribution in [-0.4, -0.2) is 9.97 Å². The minimum Gasteiger partial charge on any atom is -0.354 e.